The van der Waals surface area contributed by atoms with E-state index in [1.54, 1.807) is 6.92 Å². The Balaban J connectivity index is 5.48. The van der Waals surface area contributed by atoms with Gasteiger partial charge in [0.25, 0.3) is 5.08 Å². The predicted molar refractivity (Wildman–Crippen MR) is 67.4 cm³/mol. The summed E-state index contributed by atoms with van der Waals surface area (Å²) in [4.78, 5) is 47.7. The molecular weight excluding hydrogens is 298 g/mol. The van der Waals surface area contributed by atoms with Gasteiger partial charge >= 0.3 is 15.2 Å². The first-order valence-electron chi connectivity index (χ1n) is 5.56. The van der Waals surface area contributed by atoms with Crippen molar-refractivity contribution in [3.8, 4) is 0 Å². The lowest BCUT2D eigenvalue weighted by molar-refractivity contribution is -0.129. The van der Waals surface area contributed by atoms with Crippen LogP contribution in [0.1, 0.15) is 40.0 Å². The van der Waals surface area contributed by atoms with E-state index >= 15 is 0 Å². The van der Waals surface area contributed by atoms with Crippen molar-refractivity contribution in [3.63, 3.8) is 0 Å². The van der Waals surface area contributed by atoms with Crippen molar-refractivity contribution in [2.45, 2.75) is 45.1 Å². The molecule has 0 aromatic carbocycles. The highest BCUT2D eigenvalue weighted by Gasteiger charge is 2.61. The minimum atomic E-state index is -5.58. The SMILES string of the molecule is CCCC(C)(C)C(=O)CC(O)(P(=O)(O)O)P(=O)(O)O. The van der Waals surface area contributed by atoms with Crippen LogP contribution >= 0.6 is 15.2 Å². The molecule has 0 saturated heterocycles. The van der Waals surface area contributed by atoms with Gasteiger partial charge in [-0.2, -0.15) is 0 Å². The fourth-order valence-electron chi connectivity index (χ4n) is 1.59. The van der Waals surface area contributed by atoms with Crippen LogP contribution in [0, 0.1) is 5.41 Å². The maximum Gasteiger partial charge on any atom is 0.369 e. The number of hydrogen-bond donors (Lipinski definition) is 5. The number of ketones is 1. The molecule has 0 bridgehead atoms. The van der Waals surface area contributed by atoms with Gasteiger partial charge in [-0.15, -0.1) is 0 Å². The van der Waals surface area contributed by atoms with Crippen LogP contribution in [-0.2, 0) is 13.9 Å². The largest absolute Gasteiger partial charge is 0.369 e. The molecule has 0 unspecified atom stereocenters. The van der Waals surface area contributed by atoms with Gasteiger partial charge in [-0.05, 0) is 6.42 Å². The van der Waals surface area contributed by atoms with Crippen LogP contribution < -0.4 is 0 Å². The first-order chi connectivity index (χ1) is 8.19. The highest BCUT2D eigenvalue weighted by atomic mass is 31.2. The summed E-state index contributed by atoms with van der Waals surface area (Å²) in [5.41, 5.74) is -1.03. The van der Waals surface area contributed by atoms with Gasteiger partial charge in [0.05, 0.1) is 6.42 Å². The summed E-state index contributed by atoms with van der Waals surface area (Å²) in [6, 6.07) is 0. The molecule has 0 aliphatic carbocycles. The number of rotatable bonds is 7. The minimum Gasteiger partial charge on any atom is -0.367 e. The Hall–Kier alpha value is -0.0700. The first kappa shape index (κ1) is 18.9. The summed E-state index contributed by atoms with van der Waals surface area (Å²) in [6.45, 7) is 4.75. The lowest BCUT2D eigenvalue weighted by atomic mass is 9.82. The molecule has 0 aromatic heterocycles. The number of carbonyl (C=O) groups is 1. The average Bonchev–Trinajstić information content (AvgIpc) is 2.13. The second-order valence-corrected chi connectivity index (χ2v) is 9.10. The third-order valence-corrected chi connectivity index (χ3v) is 6.71. The van der Waals surface area contributed by atoms with Crippen molar-refractivity contribution in [1.82, 2.24) is 0 Å². The highest BCUT2D eigenvalue weighted by molar-refractivity contribution is 7.72. The lowest BCUT2D eigenvalue weighted by Gasteiger charge is -2.32. The first-order valence-corrected chi connectivity index (χ1v) is 8.78. The Kier molecular flexibility index (Phi) is 5.72. The zero-order valence-electron chi connectivity index (χ0n) is 11.0. The molecule has 0 saturated carbocycles. The van der Waals surface area contributed by atoms with Crippen LogP contribution in [0.3, 0.4) is 0 Å². The number of hydrogen-bond acceptors (Lipinski definition) is 4. The van der Waals surface area contributed by atoms with E-state index in [0.29, 0.717) is 12.8 Å². The molecule has 0 radical (unpaired) electrons. The lowest BCUT2D eigenvalue weighted by Crippen LogP contribution is -2.36. The molecule has 0 heterocycles. The van der Waals surface area contributed by atoms with Crippen LogP contribution in [0.15, 0.2) is 0 Å². The average molecular weight is 318 g/mol. The Morgan fingerprint density at radius 3 is 1.68 bits per heavy atom. The molecule has 8 nitrogen and oxygen atoms in total. The van der Waals surface area contributed by atoms with Gasteiger partial charge in [0.2, 0.25) is 0 Å². The highest BCUT2D eigenvalue weighted by Crippen LogP contribution is 2.69. The minimum absolute atomic E-state index is 0.365. The van der Waals surface area contributed by atoms with Crippen molar-refractivity contribution >= 4 is 21.0 Å². The third-order valence-electron chi connectivity index (χ3n) is 2.96. The van der Waals surface area contributed by atoms with Gasteiger partial charge in [-0.1, -0.05) is 27.2 Å². The predicted octanol–water partition coefficient (Wildman–Crippen LogP) is 0.773. The molecule has 0 fully saturated rings. The standard InChI is InChI=1S/C9H20O8P2/c1-4-5-8(2,3)7(10)6-9(11,18(12,13)14)19(15,16)17/h11H,4-6H2,1-3H3,(H2,12,13,14)(H2,15,16,17). The number of Topliss-reactive ketones (excluding diaryl/α,β-unsaturated/α-hetero) is 1. The van der Waals surface area contributed by atoms with Crippen LogP contribution in [0.5, 0.6) is 0 Å². The number of carbonyl (C=O) groups excluding carboxylic acids is 1. The van der Waals surface area contributed by atoms with E-state index in [4.69, 9.17) is 19.6 Å². The Bertz CT molecular complexity index is 410. The fraction of sp³-hybridized carbons (Fsp3) is 0.889. The zero-order chi connectivity index (χ0) is 15.7. The molecule has 0 amide bonds. The third kappa shape index (κ3) is 4.20. The number of aliphatic hydroxyl groups is 1. The van der Waals surface area contributed by atoms with Crippen molar-refractivity contribution in [2.75, 3.05) is 0 Å². The van der Waals surface area contributed by atoms with Gasteiger partial charge in [-0.25, -0.2) is 0 Å². The van der Waals surface area contributed by atoms with Crippen LogP contribution in [-0.4, -0.2) is 35.5 Å². The van der Waals surface area contributed by atoms with Gasteiger partial charge in [0.15, 0.2) is 0 Å². The molecule has 114 valence electrons. The molecule has 0 aliphatic heterocycles. The van der Waals surface area contributed by atoms with Crippen LogP contribution in [0.4, 0.5) is 0 Å². The Morgan fingerprint density at radius 1 is 1.05 bits per heavy atom. The molecule has 10 heteroatoms. The van der Waals surface area contributed by atoms with E-state index < -0.39 is 37.9 Å². The maximum absolute atomic E-state index is 11.9. The molecule has 5 N–H and O–H groups in total. The van der Waals surface area contributed by atoms with E-state index in [1.807, 2.05) is 0 Å². The maximum atomic E-state index is 11.9. The monoisotopic (exact) mass is 318 g/mol. The smallest absolute Gasteiger partial charge is 0.367 e. The van der Waals surface area contributed by atoms with E-state index in [9.17, 15) is 19.0 Å². The van der Waals surface area contributed by atoms with Crippen LogP contribution in [0.2, 0.25) is 0 Å². The molecule has 0 spiro atoms. The summed E-state index contributed by atoms with van der Waals surface area (Å²) in [7, 11) is -11.2. The van der Waals surface area contributed by atoms with E-state index in [-0.39, 0.29) is 0 Å². The van der Waals surface area contributed by atoms with Crippen molar-refractivity contribution in [1.29, 1.82) is 0 Å². The van der Waals surface area contributed by atoms with Crippen molar-refractivity contribution in [2.24, 2.45) is 5.41 Å². The van der Waals surface area contributed by atoms with E-state index in [0.717, 1.165) is 0 Å². The van der Waals surface area contributed by atoms with E-state index in [1.165, 1.54) is 13.8 Å². The van der Waals surface area contributed by atoms with Crippen molar-refractivity contribution < 1.29 is 38.6 Å². The second kappa shape index (κ2) is 5.74. The summed E-state index contributed by atoms with van der Waals surface area (Å²) in [5, 5.41) is 5.97. The van der Waals surface area contributed by atoms with Gasteiger partial charge < -0.3 is 24.7 Å². The summed E-state index contributed by atoms with van der Waals surface area (Å²) in [5.74, 6) is -0.816. The van der Waals surface area contributed by atoms with Gasteiger partial charge in [0, 0.05) is 5.41 Å². The molecule has 0 rings (SSSR count). The summed E-state index contributed by atoms with van der Waals surface area (Å²) in [6.07, 6.45) is -0.332. The summed E-state index contributed by atoms with van der Waals surface area (Å²) < 4.78 is 22.2. The Labute approximate surface area is 111 Å². The molecule has 0 aromatic rings. The molecule has 0 atom stereocenters. The molecular formula is C9H20O8P2. The fourth-order valence-corrected chi connectivity index (χ4v) is 3.65. The normalized spacial score (nSPS) is 14.5. The van der Waals surface area contributed by atoms with E-state index in [2.05, 4.69) is 0 Å². The second-order valence-electron chi connectivity index (χ2n) is 5.10. The van der Waals surface area contributed by atoms with Gasteiger partial charge in [0.1, 0.15) is 5.78 Å². The topological polar surface area (TPSA) is 152 Å². The van der Waals surface area contributed by atoms with Crippen molar-refractivity contribution in [3.05, 3.63) is 0 Å². The van der Waals surface area contributed by atoms with Gasteiger partial charge in [-0.3, -0.25) is 13.9 Å². The zero-order valence-corrected chi connectivity index (χ0v) is 12.8. The Morgan fingerprint density at radius 2 is 1.42 bits per heavy atom. The quantitative estimate of drug-likeness (QED) is 0.432. The molecule has 19 heavy (non-hydrogen) atoms. The summed E-state index contributed by atoms with van der Waals surface area (Å²) >= 11 is 0. The van der Waals surface area contributed by atoms with Crippen LogP contribution in [0.25, 0.3) is 0 Å². The molecule has 0 aliphatic rings.